The third-order valence-corrected chi connectivity index (χ3v) is 5.17. The van der Waals surface area contributed by atoms with E-state index in [1.165, 1.54) is 29.5 Å². The van der Waals surface area contributed by atoms with Crippen LogP contribution in [-0.4, -0.2) is 12.4 Å². The van der Waals surface area contributed by atoms with E-state index in [1.807, 2.05) is 0 Å². The number of ether oxygens (including phenoxy) is 1. The van der Waals surface area contributed by atoms with E-state index in [2.05, 4.69) is 47.8 Å². The van der Waals surface area contributed by atoms with E-state index in [0.717, 1.165) is 7.57 Å². The number of hydrogen-bond donors (Lipinski definition) is 0. The average molecular weight is 473 g/mol. The lowest BCUT2D eigenvalue weighted by atomic mass is 10.2. The normalized spacial score (nSPS) is 10.5. The Hall–Kier alpha value is -0.240. The Balaban J connectivity index is 2.04. The lowest BCUT2D eigenvalue weighted by Crippen LogP contribution is -2.11. The third-order valence-electron chi connectivity index (χ3n) is 2.22. The average Bonchev–Trinajstić information content (AvgIpc) is 2.70. The molecule has 1 aromatic heterocycles. The van der Waals surface area contributed by atoms with Crippen LogP contribution in [0, 0.1) is 5.82 Å². The Morgan fingerprint density at radius 2 is 2.00 bits per heavy atom. The van der Waals surface area contributed by atoms with E-state index in [0.29, 0.717) is 15.8 Å². The Morgan fingerprint density at radius 1 is 1.26 bits per heavy atom. The molecule has 2 rings (SSSR count). The second-order valence-corrected chi connectivity index (χ2v) is 8.13. The molecular formula is C12H6Br3FO2S. The molecule has 0 aliphatic heterocycles. The van der Waals surface area contributed by atoms with Gasteiger partial charge in [0.15, 0.2) is 6.61 Å². The van der Waals surface area contributed by atoms with Crippen molar-refractivity contribution in [2.45, 2.75) is 0 Å². The van der Waals surface area contributed by atoms with E-state index < -0.39 is 0 Å². The van der Waals surface area contributed by atoms with Crippen LogP contribution in [0.2, 0.25) is 0 Å². The molecule has 2 nitrogen and oxygen atoms in total. The zero-order valence-electron chi connectivity index (χ0n) is 9.25. The number of thiophene rings is 1. The van der Waals surface area contributed by atoms with Crippen molar-refractivity contribution in [3.63, 3.8) is 0 Å². The highest BCUT2D eigenvalue weighted by atomic mass is 79.9. The first-order valence-corrected chi connectivity index (χ1v) is 8.23. The minimum atomic E-state index is -0.372. The lowest BCUT2D eigenvalue weighted by Gasteiger charge is -2.05. The third kappa shape index (κ3) is 3.87. The van der Waals surface area contributed by atoms with Gasteiger partial charge in [-0.05, 0) is 72.1 Å². The number of rotatable bonds is 4. The molecule has 0 bridgehead atoms. The van der Waals surface area contributed by atoms with Crippen LogP contribution in [0.1, 0.15) is 10.4 Å². The number of Topliss-reactive ketones (excluding diaryl/α,β-unsaturated/α-hetero) is 1. The number of hydrogen-bond acceptors (Lipinski definition) is 3. The van der Waals surface area contributed by atoms with Gasteiger partial charge in [0, 0.05) is 5.56 Å². The smallest absolute Gasteiger partial charge is 0.202 e. The van der Waals surface area contributed by atoms with Crippen molar-refractivity contribution < 1.29 is 13.9 Å². The minimum Gasteiger partial charge on any atom is -0.485 e. The molecule has 0 spiro atoms. The molecule has 0 saturated heterocycles. The lowest BCUT2D eigenvalue weighted by molar-refractivity contribution is 0.0921. The molecule has 1 aromatic carbocycles. The van der Waals surface area contributed by atoms with Gasteiger partial charge in [0.1, 0.15) is 11.6 Å². The van der Waals surface area contributed by atoms with Crippen molar-refractivity contribution in [3.05, 3.63) is 47.7 Å². The maximum atomic E-state index is 13.0. The molecule has 0 aliphatic rings. The fourth-order valence-electron chi connectivity index (χ4n) is 1.32. The largest absolute Gasteiger partial charge is 0.485 e. The molecule has 0 amide bonds. The second-order valence-electron chi connectivity index (χ2n) is 3.53. The highest BCUT2D eigenvalue weighted by molar-refractivity contribution is 9.12. The van der Waals surface area contributed by atoms with E-state index in [4.69, 9.17) is 4.74 Å². The van der Waals surface area contributed by atoms with Crippen LogP contribution in [-0.2, 0) is 0 Å². The summed E-state index contributed by atoms with van der Waals surface area (Å²) in [6.45, 7) is -0.0974. The van der Waals surface area contributed by atoms with Crippen molar-refractivity contribution in [1.29, 1.82) is 0 Å². The minimum absolute atomic E-state index is 0.0974. The first-order chi connectivity index (χ1) is 8.97. The van der Waals surface area contributed by atoms with Crippen LogP contribution >= 0.6 is 59.1 Å². The first kappa shape index (κ1) is 15.2. The van der Waals surface area contributed by atoms with Gasteiger partial charge in [-0.25, -0.2) is 4.39 Å². The van der Waals surface area contributed by atoms with Crippen molar-refractivity contribution in [2.75, 3.05) is 6.61 Å². The SMILES string of the molecule is O=C(COc1ccc(F)c(Br)c1)c1cc(Br)sc1Br. The van der Waals surface area contributed by atoms with Crippen LogP contribution in [0.25, 0.3) is 0 Å². The number of carbonyl (C=O) groups is 1. The zero-order valence-corrected chi connectivity index (χ0v) is 14.8. The molecule has 1 heterocycles. The number of carbonyl (C=O) groups excluding carboxylic acids is 1. The Morgan fingerprint density at radius 3 is 2.58 bits per heavy atom. The van der Waals surface area contributed by atoms with Crippen molar-refractivity contribution in [2.24, 2.45) is 0 Å². The van der Waals surface area contributed by atoms with Gasteiger partial charge in [-0.1, -0.05) is 0 Å². The molecule has 19 heavy (non-hydrogen) atoms. The van der Waals surface area contributed by atoms with Crippen LogP contribution in [0.3, 0.4) is 0 Å². The maximum absolute atomic E-state index is 13.0. The van der Waals surface area contributed by atoms with E-state index in [9.17, 15) is 9.18 Å². The molecule has 0 aliphatic carbocycles. The molecule has 100 valence electrons. The maximum Gasteiger partial charge on any atom is 0.202 e. The standard InChI is InChI=1S/C12H6Br3FO2S/c13-8-3-6(1-2-9(8)16)18-5-10(17)7-4-11(14)19-12(7)15/h1-4H,5H2. The summed E-state index contributed by atoms with van der Waals surface area (Å²) in [6.07, 6.45) is 0. The molecule has 0 atom stereocenters. The Bertz CT molecular complexity index is 627. The summed E-state index contributed by atoms with van der Waals surface area (Å²) in [5, 5.41) is 0. The summed E-state index contributed by atoms with van der Waals surface area (Å²) >= 11 is 11.1. The first-order valence-electron chi connectivity index (χ1n) is 5.03. The van der Waals surface area contributed by atoms with Gasteiger partial charge >= 0.3 is 0 Å². The molecular weight excluding hydrogens is 467 g/mol. The van der Waals surface area contributed by atoms with Gasteiger partial charge in [-0.2, -0.15) is 0 Å². The van der Waals surface area contributed by atoms with Crippen LogP contribution in [0.15, 0.2) is 36.3 Å². The fraction of sp³-hybridized carbons (Fsp3) is 0.0833. The number of benzene rings is 1. The topological polar surface area (TPSA) is 26.3 Å². The van der Waals surface area contributed by atoms with Gasteiger partial charge in [0.2, 0.25) is 5.78 Å². The molecule has 7 heteroatoms. The van der Waals surface area contributed by atoms with Crippen molar-refractivity contribution in [1.82, 2.24) is 0 Å². The summed E-state index contributed by atoms with van der Waals surface area (Å²) < 4.78 is 20.3. The van der Waals surface area contributed by atoms with E-state index >= 15 is 0 Å². The fourth-order valence-corrected chi connectivity index (χ4v) is 4.54. The summed E-state index contributed by atoms with van der Waals surface area (Å²) in [7, 11) is 0. The molecule has 0 unspecified atom stereocenters. The van der Waals surface area contributed by atoms with Crippen LogP contribution in [0.4, 0.5) is 4.39 Å². The van der Waals surface area contributed by atoms with Gasteiger partial charge in [0.05, 0.1) is 12.0 Å². The predicted octanol–water partition coefficient (Wildman–Crippen LogP) is 5.44. The summed E-state index contributed by atoms with van der Waals surface area (Å²) in [5.74, 6) is -0.0792. The highest BCUT2D eigenvalue weighted by Crippen LogP contribution is 2.32. The van der Waals surface area contributed by atoms with Crippen molar-refractivity contribution >= 4 is 64.9 Å². The van der Waals surface area contributed by atoms with E-state index in [1.54, 1.807) is 6.07 Å². The van der Waals surface area contributed by atoms with Gasteiger partial charge in [0.25, 0.3) is 0 Å². The van der Waals surface area contributed by atoms with Gasteiger partial charge < -0.3 is 4.74 Å². The predicted molar refractivity (Wildman–Crippen MR) is 83.6 cm³/mol. The molecule has 0 radical (unpaired) electrons. The van der Waals surface area contributed by atoms with Crippen LogP contribution in [0.5, 0.6) is 5.75 Å². The Kier molecular flexibility index (Phi) is 5.16. The van der Waals surface area contributed by atoms with Gasteiger partial charge in [-0.3, -0.25) is 4.79 Å². The summed E-state index contributed by atoms with van der Waals surface area (Å²) in [4.78, 5) is 11.9. The monoisotopic (exact) mass is 470 g/mol. The summed E-state index contributed by atoms with van der Waals surface area (Å²) in [6, 6.07) is 5.98. The number of ketones is 1. The van der Waals surface area contributed by atoms with E-state index in [-0.39, 0.29) is 18.2 Å². The Labute approximate surface area is 138 Å². The zero-order chi connectivity index (χ0) is 14.0. The summed E-state index contributed by atoms with van der Waals surface area (Å²) in [5.41, 5.74) is 0.568. The molecule has 0 fully saturated rings. The van der Waals surface area contributed by atoms with Crippen LogP contribution < -0.4 is 4.74 Å². The highest BCUT2D eigenvalue weighted by Gasteiger charge is 2.14. The quantitative estimate of drug-likeness (QED) is 0.554. The molecule has 0 saturated carbocycles. The van der Waals surface area contributed by atoms with Crippen molar-refractivity contribution in [3.8, 4) is 5.75 Å². The second kappa shape index (κ2) is 6.47. The number of halogens is 4. The molecule has 2 aromatic rings. The van der Waals surface area contributed by atoms with Gasteiger partial charge in [-0.15, -0.1) is 11.3 Å². The molecule has 0 N–H and O–H groups in total.